The molecule has 0 aliphatic carbocycles. The number of aromatic amines is 1. The van der Waals surface area contributed by atoms with Crippen LogP contribution < -0.4 is 17.0 Å². The highest BCUT2D eigenvalue weighted by molar-refractivity contribution is 7.80. The van der Waals surface area contributed by atoms with Gasteiger partial charge in [0, 0.05) is 45.2 Å². The molecule has 9 N–H and O–H groups in total. The van der Waals surface area contributed by atoms with Crippen molar-refractivity contribution in [2.75, 3.05) is 27.2 Å². The van der Waals surface area contributed by atoms with E-state index in [0.29, 0.717) is 22.3 Å². The number of aliphatic hydroxyl groups excluding tert-OH is 3. The summed E-state index contributed by atoms with van der Waals surface area (Å²) in [5.41, 5.74) is 3.80. The molecule has 1 aromatic heterocycles. The topological polar surface area (TPSA) is 384 Å². The molecule has 0 bridgehead atoms. The van der Waals surface area contributed by atoms with E-state index in [1.54, 1.807) is 6.92 Å². The zero-order valence-electron chi connectivity index (χ0n) is 41.5. The molecule has 14 atom stereocenters. The highest BCUT2D eigenvalue weighted by Crippen LogP contribution is 2.37. The van der Waals surface area contributed by atoms with Crippen molar-refractivity contribution in [3.05, 3.63) is 45.3 Å². The number of rotatable bonds is 30. The van der Waals surface area contributed by atoms with Crippen LogP contribution in [0.2, 0.25) is 0 Å². The number of carboxylic acids is 2. The molecule has 1 aromatic rings. The number of ether oxygens (including phenoxy) is 5. The van der Waals surface area contributed by atoms with Gasteiger partial charge in [0.25, 0.3) is 5.56 Å². The number of aromatic nitrogens is 2. The monoisotopic (exact) mass is 1060 g/mol. The molecule has 0 saturated carbocycles. The minimum absolute atomic E-state index is 0.190. The summed E-state index contributed by atoms with van der Waals surface area (Å²) in [6, 6.07) is -2.89. The quantitative estimate of drug-likeness (QED) is 0.0217. The summed E-state index contributed by atoms with van der Waals surface area (Å²) in [5, 5.41) is 53.5. The Labute approximate surface area is 422 Å². The average Bonchev–Trinajstić information content (AvgIpc) is 3.71. The van der Waals surface area contributed by atoms with Gasteiger partial charge in [-0.2, -0.15) is 8.42 Å². The van der Waals surface area contributed by atoms with Gasteiger partial charge in [0.2, 0.25) is 5.91 Å². The minimum atomic E-state index is -5.37. The average molecular weight is 1060 g/mol. The van der Waals surface area contributed by atoms with Crippen molar-refractivity contribution in [1.29, 1.82) is 0 Å². The number of nitrogens with zero attached hydrogens (tertiary/aromatic N) is 3. The number of carboxylic acid groups (broad SMARTS) is 2. The van der Waals surface area contributed by atoms with Crippen molar-refractivity contribution in [3.63, 3.8) is 0 Å². The number of hydrogen-bond acceptors (Lipinski definition) is 20. The number of aliphatic hydroxyl groups is 3. The molecule has 4 heterocycles. The zero-order valence-corrected chi connectivity index (χ0v) is 42.4. The van der Waals surface area contributed by atoms with Crippen molar-refractivity contribution in [3.8, 4) is 0 Å². The highest BCUT2D eigenvalue weighted by Gasteiger charge is 2.58. The van der Waals surface area contributed by atoms with Gasteiger partial charge >= 0.3 is 40.0 Å². The number of likely N-dealkylation sites (N-methyl/N-ethyl adjacent to an activating group) is 2. The number of carbonyl (C=O) groups excluding carboxylic acids is 3. The summed E-state index contributed by atoms with van der Waals surface area (Å²) in [7, 11) is -3.07. The Morgan fingerprint density at radius 2 is 1.53 bits per heavy atom. The fraction of sp³-hybridized carbons (Fsp3) is 0.761. The van der Waals surface area contributed by atoms with Gasteiger partial charge in [-0.3, -0.25) is 43.0 Å². The summed E-state index contributed by atoms with van der Waals surface area (Å²) in [6.07, 6.45) is -4.90. The molecule has 3 aliphatic heterocycles. The maximum atomic E-state index is 14.7. The lowest BCUT2D eigenvalue weighted by Crippen LogP contribution is -2.60. The second kappa shape index (κ2) is 28.8. The van der Waals surface area contributed by atoms with Gasteiger partial charge in [-0.1, -0.05) is 64.5 Å². The van der Waals surface area contributed by atoms with E-state index in [1.165, 1.54) is 39.2 Å². The predicted molar refractivity (Wildman–Crippen MR) is 254 cm³/mol. The number of nitrogens with one attached hydrogen (secondary N) is 1. The van der Waals surface area contributed by atoms with Crippen LogP contribution in [-0.4, -0.2) is 188 Å². The fourth-order valence-electron chi connectivity index (χ4n) is 9.23. The Bertz CT molecular complexity index is 2240. The number of nitrogens with two attached hydrogens (primary N) is 1. The number of esters is 2. The van der Waals surface area contributed by atoms with E-state index >= 15 is 0 Å². The van der Waals surface area contributed by atoms with E-state index in [-0.39, 0.29) is 19.3 Å². The third-order valence-electron chi connectivity index (χ3n) is 13.0. The van der Waals surface area contributed by atoms with Crippen molar-refractivity contribution in [1.82, 2.24) is 19.4 Å². The van der Waals surface area contributed by atoms with Gasteiger partial charge < -0.3 is 59.9 Å². The highest BCUT2D eigenvalue weighted by atomic mass is 32.3. The van der Waals surface area contributed by atoms with Crippen LogP contribution in [-0.2, 0) is 62.2 Å². The van der Waals surface area contributed by atoms with Crippen LogP contribution in [0.25, 0.3) is 0 Å². The van der Waals surface area contributed by atoms with Crippen molar-refractivity contribution in [2.45, 2.75) is 190 Å². The molecular weight excluding hydrogens is 991 g/mol. The Kier molecular flexibility index (Phi) is 24.1. The summed E-state index contributed by atoms with van der Waals surface area (Å²) in [6.45, 7) is 2.64. The number of amides is 1. The van der Waals surface area contributed by atoms with Crippen LogP contribution in [0.3, 0.4) is 0 Å². The number of hydrogen-bond donors (Lipinski definition) is 8. The molecule has 1 amide bonds. The Balaban J connectivity index is 1.60. The van der Waals surface area contributed by atoms with E-state index in [1.807, 2.05) is 4.98 Å². The van der Waals surface area contributed by atoms with Gasteiger partial charge in [-0.05, 0) is 51.5 Å². The smallest absolute Gasteiger partial charge is 0.397 e. The van der Waals surface area contributed by atoms with E-state index in [0.717, 1.165) is 49.9 Å². The van der Waals surface area contributed by atoms with Gasteiger partial charge in [0.05, 0.1) is 6.42 Å². The molecule has 0 aromatic carbocycles. The fourth-order valence-corrected chi connectivity index (χ4v) is 9.72. The first-order valence-electron chi connectivity index (χ1n) is 24.6. The third-order valence-corrected chi connectivity index (χ3v) is 13.4. The number of H-pyrrole nitrogens is 1. The van der Waals surface area contributed by atoms with E-state index in [4.69, 9.17) is 29.4 Å². The Hall–Kier alpha value is -4.68. The summed E-state index contributed by atoms with van der Waals surface area (Å²) >= 11 is 0. The lowest BCUT2D eigenvalue weighted by Gasteiger charge is -2.38. The van der Waals surface area contributed by atoms with Gasteiger partial charge in [0.15, 0.2) is 24.7 Å². The SMILES string of the molecule is CCCCCCCC/C=C\CCCCCC(CC(=O)OC1CN(C)C(C(O[C@@H]2O[C@H](CN)[C@@H](O)[C@H]2OS(=O)(=O)O)[C@H]2O[C@@H](n3ccc(=O)[nH]c3=O)[C@H](O)[C@@H]2O)C(=O)N(C)C1C(=O)O)OC(=O)CC(C)CC(=O)O. The maximum Gasteiger partial charge on any atom is 0.397 e. The van der Waals surface area contributed by atoms with Crippen LogP contribution in [0.15, 0.2) is 34.0 Å². The second-order valence-corrected chi connectivity index (χ2v) is 19.9. The lowest BCUT2D eigenvalue weighted by molar-refractivity contribution is -0.230. The minimum Gasteiger partial charge on any atom is -0.481 e. The van der Waals surface area contributed by atoms with Crippen LogP contribution in [0.1, 0.15) is 116 Å². The number of carbonyl (C=O) groups is 5. The summed E-state index contributed by atoms with van der Waals surface area (Å²) in [5.74, 6) is -6.30. The Morgan fingerprint density at radius 1 is 0.890 bits per heavy atom. The molecule has 414 valence electrons. The Morgan fingerprint density at radius 3 is 2.14 bits per heavy atom. The predicted octanol–water partition coefficient (Wildman–Crippen LogP) is -0.0290. The summed E-state index contributed by atoms with van der Waals surface area (Å²) in [4.78, 5) is 94.4. The molecule has 0 radical (unpaired) electrons. The molecular formula is C46H73N5O21S. The maximum absolute atomic E-state index is 14.7. The van der Waals surface area contributed by atoms with Gasteiger partial charge in [-0.15, -0.1) is 0 Å². The zero-order chi connectivity index (χ0) is 54.2. The molecule has 73 heavy (non-hydrogen) atoms. The number of aliphatic carboxylic acids is 2. The standard InChI is InChI=1S/C46H73N5O21S/c1-5-6-7-8-9-10-11-12-13-14-15-16-17-18-27(67-32(55)22-26(2)21-31(53)54)23-33(56)68-29-25-49(3)35(42(60)50(4)34(29)44(61)62)39(71-45-41(72-73(64,65)66)36(57)28(24-47)69-45)40-37(58)38(59)43(70-40)51-20-19-30(52)48-46(51)63/h12-13,19-20,26-29,34-41,43,45,57-59H,5-11,14-18,21-25,47H2,1-4H3,(H,53,54)(H,61,62)(H,48,52,63)(H,64,65,66)/b13-12-/t26?,27?,28-,29?,34?,35?,36-,37+,38-,39?,40+,41-,43-,45+/m1/s1. The number of unbranched alkanes of at least 4 members (excludes halogenated alkanes) is 9. The lowest BCUT2D eigenvalue weighted by atomic mass is 9.97. The summed E-state index contributed by atoms with van der Waals surface area (Å²) < 4.78 is 68.1. The van der Waals surface area contributed by atoms with Crippen LogP contribution in [0.5, 0.6) is 0 Å². The largest absolute Gasteiger partial charge is 0.481 e. The molecule has 27 heteroatoms. The van der Waals surface area contributed by atoms with Crippen LogP contribution in [0.4, 0.5) is 0 Å². The van der Waals surface area contributed by atoms with Crippen LogP contribution in [0, 0.1) is 5.92 Å². The molecule has 3 fully saturated rings. The van der Waals surface area contributed by atoms with Crippen LogP contribution >= 0.6 is 0 Å². The van der Waals surface area contributed by atoms with Gasteiger partial charge in [-0.25, -0.2) is 13.8 Å². The first-order valence-corrected chi connectivity index (χ1v) is 26.0. The molecule has 6 unspecified atom stereocenters. The third kappa shape index (κ3) is 18.0. The molecule has 0 spiro atoms. The van der Waals surface area contributed by atoms with Crippen molar-refractivity contribution in [2.24, 2.45) is 11.7 Å². The van der Waals surface area contributed by atoms with E-state index in [9.17, 15) is 72.1 Å². The number of allylic oxidation sites excluding steroid dienone is 2. The van der Waals surface area contributed by atoms with Gasteiger partial charge in [0.1, 0.15) is 54.9 Å². The van der Waals surface area contributed by atoms with Crippen molar-refractivity contribution < 1.29 is 90.3 Å². The first-order chi connectivity index (χ1) is 34.5. The molecule has 4 rings (SSSR count). The van der Waals surface area contributed by atoms with E-state index < -0.39 is 156 Å². The second-order valence-electron chi connectivity index (χ2n) is 18.9. The molecule has 3 aliphatic rings. The van der Waals surface area contributed by atoms with E-state index in [2.05, 4.69) is 23.3 Å². The molecule has 26 nitrogen and oxygen atoms in total. The first kappa shape index (κ1) is 60.9. The normalized spacial score (nSPS) is 28.2. The molecule has 3 saturated heterocycles. The van der Waals surface area contributed by atoms with Crippen molar-refractivity contribution >= 4 is 40.2 Å².